The lowest BCUT2D eigenvalue weighted by molar-refractivity contribution is -0.114. The Kier molecular flexibility index (Phi) is 7.14. The van der Waals surface area contributed by atoms with Crippen molar-refractivity contribution in [2.24, 2.45) is 0 Å². The first-order chi connectivity index (χ1) is 13.3. The predicted octanol–water partition coefficient (Wildman–Crippen LogP) is 2.54. The van der Waals surface area contributed by atoms with Crippen molar-refractivity contribution in [3.05, 3.63) is 59.2 Å². The molecule has 0 aromatic heterocycles. The molecule has 0 bridgehead atoms. The number of nitrogens with one attached hydrogen (secondary N) is 4. The second-order valence-corrected chi connectivity index (χ2v) is 6.63. The van der Waals surface area contributed by atoms with Crippen molar-refractivity contribution in [1.82, 2.24) is 10.6 Å². The maximum Gasteiger partial charge on any atom is 0.253 e. The molecule has 2 aromatic rings. The Morgan fingerprint density at radius 2 is 1.54 bits per heavy atom. The molecule has 4 N–H and O–H groups in total. The Hall–Kier alpha value is -3.35. The zero-order valence-electron chi connectivity index (χ0n) is 16.6. The minimum Gasteiger partial charge on any atom is -0.376 e. The van der Waals surface area contributed by atoms with E-state index < -0.39 is 0 Å². The first-order valence-corrected chi connectivity index (χ1v) is 9.08. The van der Waals surface area contributed by atoms with E-state index in [1.54, 1.807) is 49.5 Å². The molecule has 0 saturated carbocycles. The maximum absolute atomic E-state index is 12.4. The third-order valence-electron chi connectivity index (χ3n) is 4.11. The average Bonchev–Trinajstić information content (AvgIpc) is 2.66. The zero-order chi connectivity index (χ0) is 20.7. The van der Waals surface area contributed by atoms with Gasteiger partial charge in [-0.25, -0.2) is 0 Å². The summed E-state index contributed by atoms with van der Waals surface area (Å²) in [5.41, 5.74) is 2.85. The lowest BCUT2D eigenvalue weighted by Gasteiger charge is -2.15. The minimum absolute atomic E-state index is 0.00181. The SMILES string of the molecule is CNC(=O)c1cccc(NCC(=O)Nc2ccccc2C(=O)NC(C)C)c1C. The summed E-state index contributed by atoms with van der Waals surface area (Å²) in [4.78, 5) is 36.6. The van der Waals surface area contributed by atoms with Crippen LogP contribution in [0, 0.1) is 6.92 Å². The Morgan fingerprint density at radius 3 is 2.21 bits per heavy atom. The van der Waals surface area contributed by atoms with Crippen molar-refractivity contribution in [2.75, 3.05) is 24.2 Å². The second kappa shape index (κ2) is 9.55. The molecule has 0 fully saturated rings. The molecule has 0 heterocycles. The van der Waals surface area contributed by atoms with Gasteiger partial charge < -0.3 is 21.3 Å². The summed E-state index contributed by atoms with van der Waals surface area (Å²) in [5.74, 6) is -0.724. The molecule has 2 rings (SSSR count). The van der Waals surface area contributed by atoms with Crippen LogP contribution in [0.4, 0.5) is 11.4 Å². The molecule has 0 radical (unpaired) electrons. The summed E-state index contributed by atoms with van der Waals surface area (Å²) in [6.07, 6.45) is 0. The van der Waals surface area contributed by atoms with Crippen LogP contribution in [0.5, 0.6) is 0 Å². The molecular formula is C21H26N4O3. The van der Waals surface area contributed by atoms with Crippen molar-refractivity contribution < 1.29 is 14.4 Å². The molecule has 0 unspecified atom stereocenters. The second-order valence-electron chi connectivity index (χ2n) is 6.63. The van der Waals surface area contributed by atoms with E-state index in [9.17, 15) is 14.4 Å². The number of benzene rings is 2. The van der Waals surface area contributed by atoms with Crippen LogP contribution in [-0.4, -0.2) is 37.4 Å². The van der Waals surface area contributed by atoms with E-state index in [0.29, 0.717) is 22.5 Å². The number of anilines is 2. The lowest BCUT2D eigenvalue weighted by Crippen LogP contribution is -2.31. The van der Waals surface area contributed by atoms with E-state index in [0.717, 1.165) is 5.56 Å². The molecule has 0 saturated heterocycles. The van der Waals surface area contributed by atoms with E-state index in [1.165, 1.54) is 0 Å². The Bertz CT molecular complexity index is 878. The van der Waals surface area contributed by atoms with Gasteiger partial charge in [-0.2, -0.15) is 0 Å². The Balaban J connectivity index is 2.07. The number of amides is 3. The van der Waals surface area contributed by atoms with E-state index in [4.69, 9.17) is 0 Å². The number of hydrogen-bond acceptors (Lipinski definition) is 4. The van der Waals surface area contributed by atoms with Crippen molar-refractivity contribution in [3.63, 3.8) is 0 Å². The summed E-state index contributed by atoms with van der Waals surface area (Å²) in [6.45, 7) is 5.56. The standard InChI is InChI=1S/C21H26N4O3/c1-13(2)24-21(28)16-8-5-6-10-18(16)25-19(26)12-23-17-11-7-9-15(14(17)3)20(27)22-4/h5-11,13,23H,12H2,1-4H3,(H,22,27)(H,24,28)(H,25,26). The van der Waals surface area contributed by atoms with Crippen LogP contribution >= 0.6 is 0 Å². The van der Waals surface area contributed by atoms with Gasteiger partial charge in [0.05, 0.1) is 17.8 Å². The van der Waals surface area contributed by atoms with E-state index >= 15 is 0 Å². The molecule has 7 nitrogen and oxygen atoms in total. The van der Waals surface area contributed by atoms with Gasteiger partial charge in [-0.05, 0) is 50.6 Å². The predicted molar refractivity (Wildman–Crippen MR) is 111 cm³/mol. The largest absolute Gasteiger partial charge is 0.376 e. The van der Waals surface area contributed by atoms with Crippen LogP contribution in [0.1, 0.15) is 40.1 Å². The lowest BCUT2D eigenvalue weighted by atomic mass is 10.1. The number of carbonyl (C=O) groups is 3. The van der Waals surface area contributed by atoms with Crippen LogP contribution < -0.4 is 21.3 Å². The molecule has 3 amide bonds. The molecule has 148 valence electrons. The quantitative estimate of drug-likeness (QED) is 0.591. The van der Waals surface area contributed by atoms with Crippen molar-refractivity contribution in [2.45, 2.75) is 26.8 Å². The van der Waals surface area contributed by atoms with Gasteiger partial charge in [-0.1, -0.05) is 18.2 Å². The molecule has 0 aliphatic carbocycles. The molecule has 0 aliphatic heterocycles. The third-order valence-corrected chi connectivity index (χ3v) is 4.11. The highest BCUT2D eigenvalue weighted by Crippen LogP contribution is 2.19. The van der Waals surface area contributed by atoms with Crippen LogP contribution in [0.25, 0.3) is 0 Å². The zero-order valence-corrected chi connectivity index (χ0v) is 16.6. The normalized spacial score (nSPS) is 10.3. The monoisotopic (exact) mass is 382 g/mol. The third kappa shape index (κ3) is 5.33. The highest BCUT2D eigenvalue weighted by molar-refractivity contribution is 6.04. The number of carbonyl (C=O) groups excluding carboxylic acids is 3. The van der Waals surface area contributed by atoms with Gasteiger partial charge in [0.15, 0.2) is 0 Å². The van der Waals surface area contributed by atoms with Crippen molar-refractivity contribution >= 4 is 29.1 Å². The first kappa shape index (κ1) is 21.0. The molecular weight excluding hydrogens is 356 g/mol. The van der Waals surface area contributed by atoms with Gasteiger partial charge in [0.1, 0.15) is 0 Å². The summed E-state index contributed by atoms with van der Waals surface area (Å²) < 4.78 is 0. The van der Waals surface area contributed by atoms with Crippen molar-refractivity contribution in [1.29, 1.82) is 0 Å². The van der Waals surface area contributed by atoms with Crippen LogP contribution in [0.3, 0.4) is 0 Å². The molecule has 7 heteroatoms. The van der Waals surface area contributed by atoms with E-state index in [2.05, 4.69) is 21.3 Å². The van der Waals surface area contributed by atoms with Gasteiger partial charge in [-0.15, -0.1) is 0 Å². The van der Waals surface area contributed by atoms with E-state index in [1.807, 2.05) is 20.8 Å². The fraction of sp³-hybridized carbons (Fsp3) is 0.286. The van der Waals surface area contributed by atoms with Crippen molar-refractivity contribution in [3.8, 4) is 0 Å². The van der Waals surface area contributed by atoms with Crippen LogP contribution in [0.15, 0.2) is 42.5 Å². The van der Waals surface area contributed by atoms with Crippen LogP contribution in [0.2, 0.25) is 0 Å². The number of hydrogen-bond donors (Lipinski definition) is 4. The molecule has 28 heavy (non-hydrogen) atoms. The van der Waals surface area contributed by atoms with Gasteiger partial charge in [0.25, 0.3) is 11.8 Å². The summed E-state index contributed by atoms with van der Waals surface area (Å²) in [6, 6.07) is 12.1. The summed E-state index contributed by atoms with van der Waals surface area (Å²) in [5, 5.41) is 11.2. The smallest absolute Gasteiger partial charge is 0.253 e. The highest BCUT2D eigenvalue weighted by atomic mass is 16.2. The first-order valence-electron chi connectivity index (χ1n) is 9.08. The van der Waals surface area contributed by atoms with Crippen LogP contribution in [-0.2, 0) is 4.79 Å². The van der Waals surface area contributed by atoms with Gasteiger partial charge in [-0.3, -0.25) is 14.4 Å². The maximum atomic E-state index is 12.4. The minimum atomic E-state index is -0.297. The summed E-state index contributed by atoms with van der Waals surface area (Å²) in [7, 11) is 1.57. The van der Waals surface area contributed by atoms with Gasteiger partial charge in [0.2, 0.25) is 5.91 Å². The fourth-order valence-electron chi connectivity index (χ4n) is 2.71. The Morgan fingerprint density at radius 1 is 0.893 bits per heavy atom. The number of para-hydroxylation sites is 1. The van der Waals surface area contributed by atoms with Gasteiger partial charge >= 0.3 is 0 Å². The summed E-state index contributed by atoms with van der Waals surface area (Å²) >= 11 is 0. The molecule has 0 atom stereocenters. The molecule has 0 aliphatic rings. The molecule has 0 spiro atoms. The fourth-order valence-corrected chi connectivity index (χ4v) is 2.71. The average molecular weight is 382 g/mol. The molecule has 2 aromatic carbocycles. The topological polar surface area (TPSA) is 99.3 Å². The number of rotatable bonds is 7. The van der Waals surface area contributed by atoms with E-state index in [-0.39, 0.29) is 30.3 Å². The van der Waals surface area contributed by atoms with Gasteiger partial charge in [0, 0.05) is 24.3 Å². The highest BCUT2D eigenvalue weighted by Gasteiger charge is 2.14. The Labute approximate surface area is 164 Å².